The van der Waals surface area contributed by atoms with Gasteiger partial charge >= 0.3 is 5.69 Å². The van der Waals surface area contributed by atoms with Crippen LogP contribution in [0.25, 0.3) is 0 Å². The van der Waals surface area contributed by atoms with Crippen molar-refractivity contribution in [1.82, 2.24) is 9.97 Å². The lowest BCUT2D eigenvalue weighted by Crippen LogP contribution is -2.02. The van der Waals surface area contributed by atoms with Crippen molar-refractivity contribution >= 4 is 11.5 Å². The van der Waals surface area contributed by atoms with Gasteiger partial charge in [-0.1, -0.05) is 19.1 Å². The summed E-state index contributed by atoms with van der Waals surface area (Å²) in [6, 6.07) is 7.54. The van der Waals surface area contributed by atoms with Gasteiger partial charge in [-0.05, 0) is 12.5 Å². The molecular formula is C13H14N4O3. The molecule has 7 heteroatoms. The van der Waals surface area contributed by atoms with Crippen LogP contribution in [0.3, 0.4) is 0 Å². The molecule has 1 aromatic heterocycles. The van der Waals surface area contributed by atoms with Gasteiger partial charge in [0.1, 0.15) is 11.6 Å². The van der Waals surface area contributed by atoms with Crippen molar-refractivity contribution in [3.05, 3.63) is 46.3 Å². The summed E-state index contributed by atoms with van der Waals surface area (Å²) < 4.78 is 5.47. The number of anilines is 1. The molecule has 20 heavy (non-hydrogen) atoms. The van der Waals surface area contributed by atoms with E-state index in [1.54, 1.807) is 12.1 Å². The molecule has 0 unspecified atom stereocenters. The van der Waals surface area contributed by atoms with Crippen LogP contribution in [0, 0.1) is 10.1 Å². The van der Waals surface area contributed by atoms with Gasteiger partial charge in [-0.2, -0.15) is 4.98 Å². The van der Waals surface area contributed by atoms with Crippen molar-refractivity contribution in [2.24, 2.45) is 0 Å². The summed E-state index contributed by atoms with van der Waals surface area (Å²) in [5, 5.41) is 10.9. The molecular weight excluding hydrogens is 260 g/mol. The molecule has 2 rings (SSSR count). The van der Waals surface area contributed by atoms with Crippen molar-refractivity contribution in [3.63, 3.8) is 0 Å². The van der Waals surface area contributed by atoms with E-state index in [1.165, 1.54) is 18.2 Å². The Morgan fingerprint density at radius 1 is 1.35 bits per heavy atom. The number of hydrogen-bond donors (Lipinski definition) is 1. The summed E-state index contributed by atoms with van der Waals surface area (Å²) in [6.45, 7) is 2.00. The van der Waals surface area contributed by atoms with Crippen LogP contribution < -0.4 is 10.5 Å². The number of ether oxygens (including phenoxy) is 1. The molecule has 0 atom stereocenters. The Kier molecular flexibility index (Phi) is 4.09. The minimum atomic E-state index is -0.507. The smallest absolute Gasteiger partial charge is 0.311 e. The van der Waals surface area contributed by atoms with Gasteiger partial charge in [0.15, 0.2) is 0 Å². The topological polar surface area (TPSA) is 104 Å². The standard InChI is InChI=1S/C13H14N4O3/c1-2-5-12-15-11(14)8-13(16-12)20-10-7-4-3-6-9(10)17(18)19/h3-4,6-8H,2,5H2,1H3,(H2,14,15,16). The van der Waals surface area contributed by atoms with Crippen LogP contribution in [0.2, 0.25) is 0 Å². The third kappa shape index (κ3) is 3.19. The van der Waals surface area contributed by atoms with E-state index < -0.39 is 4.92 Å². The van der Waals surface area contributed by atoms with Crippen LogP contribution in [-0.2, 0) is 6.42 Å². The molecule has 1 heterocycles. The Bertz CT molecular complexity index is 631. The summed E-state index contributed by atoms with van der Waals surface area (Å²) in [4.78, 5) is 18.7. The van der Waals surface area contributed by atoms with Gasteiger partial charge in [0.2, 0.25) is 11.6 Å². The molecule has 0 saturated carbocycles. The van der Waals surface area contributed by atoms with E-state index in [-0.39, 0.29) is 23.1 Å². The van der Waals surface area contributed by atoms with Gasteiger partial charge < -0.3 is 10.5 Å². The second kappa shape index (κ2) is 5.96. The van der Waals surface area contributed by atoms with Crippen LogP contribution in [0.15, 0.2) is 30.3 Å². The van der Waals surface area contributed by atoms with Gasteiger partial charge in [-0.25, -0.2) is 4.98 Å². The highest BCUT2D eigenvalue weighted by Gasteiger charge is 2.15. The van der Waals surface area contributed by atoms with Gasteiger partial charge in [0, 0.05) is 18.6 Å². The average molecular weight is 274 g/mol. The lowest BCUT2D eigenvalue weighted by molar-refractivity contribution is -0.385. The Morgan fingerprint density at radius 3 is 2.80 bits per heavy atom. The maximum atomic E-state index is 10.9. The zero-order valence-electron chi connectivity index (χ0n) is 10.9. The Hall–Kier alpha value is -2.70. The van der Waals surface area contributed by atoms with Gasteiger partial charge in [-0.3, -0.25) is 10.1 Å². The van der Waals surface area contributed by atoms with E-state index in [2.05, 4.69) is 9.97 Å². The molecule has 7 nitrogen and oxygen atoms in total. The fourth-order valence-electron chi connectivity index (χ4n) is 1.69. The minimum absolute atomic E-state index is 0.123. The van der Waals surface area contributed by atoms with Crippen LogP contribution in [0.5, 0.6) is 11.6 Å². The normalized spacial score (nSPS) is 10.2. The first-order chi connectivity index (χ1) is 9.60. The lowest BCUT2D eigenvalue weighted by atomic mass is 10.3. The number of nitrogens with zero attached hydrogens (tertiary/aromatic N) is 3. The number of hydrogen-bond acceptors (Lipinski definition) is 6. The highest BCUT2D eigenvalue weighted by molar-refractivity contribution is 5.48. The molecule has 0 fully saturated rings. The zero-order chi connectivity index (χ0) is 14.5. The third-order valence-electron chi connectivity index (χ3n) is 2.52. The number of nitro groups is 1. The monoisotopic (exact) mass is 274 g/mol. The van der Waals surface area contributed by atoms with E-state index in [0.717, 1.165) is 6.42 Å². The van der Waals surface area contributed by atoms with E-state index in [0.29, 0.717) is 12.2 Å². The predicted molar refractivity (Wildman–Crippen MR) is 73.6 cm³/mol. The Labute approximate surface area is 115 Å². The fourth-order valence-corrected chi connectivity index (χ4v) is 1.69. The van der Waals surface area contributed by atoms with E-state index in [4.69, 9.17) is 10.5 Å². The highest BCUT2D eigenvalue weighted by atomic mass is 16.6. The van der Waals surface area contributed by atoms with Gasteiger partial charge in [-0.15, -0.1) is 0 Å². The Balaban J connectivity index is 2.32. The van der Waals surface area contributed by atoms with Crippen molar-refractivity contribution < 1.29 is 9.66 Å². The maximum absolute atomic E-state index is 10.9. The molecule has 0 aliphatic carbocycles. The molecule has 1 aromatic carbocycles. The first kappa shape index (κ1) is 13.7. The molecule has 0 aliphatic rings. The van der Waals surface area contributed by atoms with Crippen molar-refractivity contribution in [3.8, 4) is 11.6 Å². The number of para-hydroxylation sites is 2. The Morgan fingerprint density at radius 2 is 2.10 bits per heavy atom. The number of rotatable bonds is 5. The number of nitrogens with two attached hydrogens (primary N) is 1. The molecule has 0 radical (unpaired) electrons. The van der Waals surface area contributed by atoms with Crippen molar-refractivity contribution in [2.45, 2.75) is 19.8 Å². The molecule has 0 spiro atoms. The van der Waals surface area contributed by atoms with Gasteiger partial charge in [0.25, 0.3) is 0 Å². The van der Waals surface area contributed by atoms with E-state index in [9.17, 15) is 10.1 Å². The van der Waals surface area contributed by atoms with Crippen LogP contribution in [0.4, 0.5) is 11.5 Å². The number of benzene rings is 1. The first-order valence-electron chi connectivity index (χ1n) is 6.15. The van der Waals surface area contributed by atoms with Crippen molar-refractivity contribution in [1.29, 1.82) is 0 Å². The fraction of sp³-hybridized carbons (Fsp3) is 0.231. The largest absolute Gasteiger partial charge is 0.432 e. The minimum Gasteiger partial charge on any atom is -0.432 e. The summed E-state index contributed by atoms with van der Waals surface area (Å²) >= 11 is 0. The molecule has 104 valence electrons. The second-order valence-electron chi connectivity index (χ2n) is 4.12. The van der Waals surface area contributed by atoms with Gasteiger partial charge in [0.05, 0.1) is 4.92 Å². The molecule has 2 N–H and O–H groups in total. The number of aryl methyl sites for hydroxylation is 1. The number of nitrogen functional groups attached to an aromatic ring is 1. The van der Waals surface area contributed by atoms with Crippen LogP contribution in [-0.4, -0.2) is 14.9 Å². The summed E-state index contributed by atoms with van der Waals surface area (Å²) in [5.74, 6) is 1.16. The molecule has 0 amide bonds. The predicted octanol–water partition coefficient (Wildman–Crippen LogP) is 2.71. The van der Waals surface area contributed by atoms with Crippen LogP contribution >= 0.6 is 0 Å². The maximum Gasteiger partial charge on any atom is 0.311 e. The highest BCUT2D eigenvalue weighted by Crippen LogP contribution is 2.30. The summed E-state index contributed by atoms with van der Waals surface area (Å²) in [7, 11) is 0. The first-order valence-corrected chi connectivity index (χ1v) is 6.15. The molecule has 0 saturated heterocycles. The second-order valence-corrected chi connectivity index (χ2v) is 4.12. The van der Waals surface area contributed by atoms with Crippen molar-refractivity contribution in [2.75, 3.05) is 5.73 Å². The lowest BCUT2D eigenvalue weighted by Gasteiger charge is -2.07. The number of aromatic nitrogens is 2. The third-order valence-corrected chi connectivity index (χ3v) is 2.52. The molecule has 2 aromatic rings. The zero-order valence-corrected chi connectivity index (χ0v) is 10.9. The SMILES string of the molecule is CCCc1nc(N)cc(Oc2ccccc2[N+](=O)[O-])n1. The van der Waals surface area contributed by atoms with E-state index >= 15 is 0 Å². The van der Waals surface area contributed by atoms with Crippen LogP contribution in [0.1, 0.15) is 19.2 Å². The van der Waals surface area contributed by atoms with E-state index in [1.807, 2.05) is 6.92 Å². The average Bonchev–Trinajstić information content (AvgIpc) is 2.38. The number of nitro benzene ring substituents is 1. The quantitative estimate of drug-likeness (QED) is 0.664. The molecule has 0 bridgehead atoms. The summed E-state index contributed by atoms with van der Waals surface area (Å²) in [5.41, 5.74) is 5.55. The summed E-state index contributed by atoms with van der Waals surface area (Å²) in [6.07, 6.45) is 1.53. The molecule has 0 aliphatic heterocycles.